The summed E-state index contributed by atoms with van der Waals surface area (Å²) in [5.41, 5.74) is 0.693. The summed E-state index contributed by atoms with van der Waals surface area (Å²) in [6, 6.07) is 8.65. The van der Waals surface area contributed by atoms with E-state index >= 15 is 0 Å². The third-order valence-electron chi connectivity index (χ3n) is 5.61. The Morgan fingerprint density at radius 2 is 2.00 bits per heavy atom. The maximum Gasteiger partial charge on any atom is 0.239 e. The number of amides is 2. The van der Waals surface area contributed by atoms with E-state index in [0.717, 1.165) is 5.56 Å². The van der Waals surface area contributed by atoms with Gasteiger partial charge in [0, 0.05) is 43.3 Å². The minimum absolute atomic E-state index is 0.0138. The first-order valence-corrected chi connectivity index (χ1v) is 10.3. The van der Waals surface area contributed by atoms with Crippen molar-refractivity contribution in [3.8, 4) is 5.75 Å². The fourth-order valence-electron chi connectivity index (χ4n) is 3.92. The number of likely N-dealkylation sites (tertiary alicyclic amines) is 1. The van der Waals surface area contributed by atoms with E-state index in [1.807, 2.05) is 12.1 Å². The fourth-order valence-corrected chi connectivity index (χ4v) is 4.10. The molecule has 7 nitrogen and oxygen atoms in total. The standard InChI is InChI=1S/C22H22ClN3O4/c23-16-1-2-19-17(11-16)18(27)12-22(30-19)6-3-21(29)26(10-7-22)14-20(28)25-13-15-4-8-24-9-5-15/h1-2,4-5,8-9,11H,3,6-7,10,12-14H2,(H,25,28)/t22-/m0/s1. The van der Waals surface area contributed by atoms with Crippen molar-refractivity contribution in [3.05, 3.63) is 58.9 Å². The molecule has 2 aromatic rings. The van der Waals surface area contributed by atoms with Crippen LogP contribution in [0.4, 0.5) is 0 Å². The number of halogens is 1. The summed E-state index contributed by atoms with van der Waals surface area (Å²) in [5, 5.41) is 3.31. The number of carbonyl (C=O) groups is 3. The Labute approximate surface area is 179 Å². The third kappa shape index (κ3) is 4.46. The lowest BCUT2D eigenvalue weighted by Gasteiger charge is -2.37. The van der Waals surface area contributed by atoms with Crippen LogP contribution in [-0.2, 0) is 16.1 Å². The van der Waals surface area contributed by atoms with E-state index in [0.29, 0.717) is 42.3 Å². The molecule has 2 amide bonds. The van der Waals surface area contributed by atoms with Crippen LogP contribution in [0.1, 0.15) is 41.6 Å². The van der Waals surface area contributed by atoms with E-state index in [1.165, 1.54) is 0 Å². The summed E-state index contributed by atoms with van der Waals surface area (Å²) in [6.45, 7) is 0.724. The van der Waals surface area contributed by atoms with Crippen molar-refractivity contribution in [2.45, 2.75) is 37.8 Å². The maximum atomic E-state index is 12.7. The molecule has 8 heteroatoms. The molecule has 1 atom stereocenters. The van der Waals surface area contributed by atoms with Gasteiger partial charge in [-0.25, -0.2) is 0 Å². The van der Waals surface area contributed by atoms with Gasteiger partial charge in [-0.05, 0) is 42.3 Å². The third-order valence-corrected chi connectivity index (χ3v) is 5.84. The zero-order valence-corrected chi connectivity index (χ0v) is 17.2. The molecule has 0 radical (unpaired) electrons. The summed E-state index contributed by atoms with van der Waals surface area (Å²) in [5.74, 6) is 0.141. The highest BCUT2D eigenvalue weighted by molar-refractivity contribution is 6.31. The molecule has 2 aliphatic heterocycles. The van der Waals surface area contributed by atoms with Crippen LogP contribution in [0.25, 0.3) is 0 Å². The Bertz CT molecular complexity index is 982. The highest BCUT2D eigenvalue weighted by atomic mass is 35.5. The maximum absolute atomic E-state index is 12.7. The van der Waals surface area contributed by atoms with Gasteiger partial charge in [-0.3, -0.25) is 19.4 Å². The van der Waals surface area contributed by atoms with Crippen LogP contribution in [0.3, 0.4) is 0 Å². The van der Waals surface area contributed by atoms with Gasteiger partial charge in [0.1, 0.15) is 11.4 Å². The van der Waals surface area contributed by atoms with Gasteiger partial charge in [0.15, 0.2) is 5.78 Å². The Balaban J connectivity index is 1.39. The van der Waals surface area contributed by atoms with Crippen LogP contribution in [0, 0.1) is 0 Å². The van der Waals surface area contributed by atoms with Crippen LogP contribution < -0.4 is 10.1 Å². The van der Waals surface area contributed by atoms with Gasteiger partial charge in [-0.1, -0.05) is 11.6 Å². The fraction of sp³-hybridized carbons (Fsp3) is 0.364. The highest BCUT2D eigenvalue weighted by Crippen LogP contribution is 2.40. The SMILES string of the molecule is O=C(CN1CC[C@@]2(CCC1=O)CC(=O)c1cc(Cl)ccc1O2)NCc1ccncc1. The van der Waals surface area contributed by atoms with Crippen LogP contribution in [0.15, 0.2) is 42.7 Å². The topological polar surface area (TPSA) is 88.6 Å². The predicted molar refractivity (Wildman–Crippen MR) is 110 cm³/mol. The first-order valence-electron chi connectivity index (χ1n) is 9.89. The monoisotopic (exact) mass is 427 g/mol. The molecule has 0 unspecified atom stereocenters. The van der Waals surface area contributed by atoms with Crippen LogP contribution in [-0.4, -0.2) is 46.2 Å². The van der Waals surface area contributed by atoms with Crippen molar-refractivity contribution in [1.82, 2.24) is 15.2 Å². The van der Waals surface area contributed by atoms with Crippen molar-refractivity contribution in [2.75, 3.05) is 13.1 Å². The molecule has 0 aliphatic carbocycles. The summed E-state index contributed by atoms with van der Waals surface area (Å²) in [7, 11) is 0. The number of Topliss-reactive ketones (excluding diaryl/α,β-unsaturated/α-hetero) is 1. The number of fused-ring (bicyclic) bond motifs is 1. The molecule has 30 heavy (non-hydrogen) atoms. The number of carbonyl (C=O) groups excluding carboxylic acids is 3. The van der Waals surface area contributed by atoms with Gasteiger partial charge in [-0.15, -0.1) is 0 Å². The molecule has 2 aliphatic rings. The number of nitrogens with zero attached hydrogens (tertiary/aromatic N) is 2. The second-order valence-electron chi connectivity index (χ2n) is 7.72. The van der Waals surface area contributed by atoms with Gasteiger partial charge < -0.3 is 15.0 Å². The Morgan fingerprint density at radius 1 is 1.20 bits per heavy atom. The molecule has 0 saturated carbocycles. The normalized spacial score (nSPS) is 21.0. The number of benzene rings is 1. The van der Waals surface area contributed by atoms with Crippen LogP contribution in [0.5, 0.6) is 5.75 Å². The van der Waals surface area contributed by atoms with Gasteiger partial charge in [0.05, 0.1) is 18.5 Å². The second-order valence-corrected chi connectivity index (χ2v) is 8.16. The van der Waals surface area contributed by atoms with Crippen molar-refractivity contribution >= 4 is 29.2 Å². The van der Waals surface area contributed by atoms with E-state index in [9.17, 15) is 14.4 Å². The van der Waals surface area contributed by atoms with Gasteiger partial charge >= 0.3 is 0 Å². The zero-order chi connectivity index (χ0) is 21.1. The van der Waals surface area contributed by atoms with Gasteiger partial charge in [-0.2, -0.15) is 0 Å². The van der Waals surface area contributed by atoms with E-state index in [4.69, 9.17) is 16.3 Å². The van der Waals surface area contributed by atoms with Crippen molar-refractivity contribution < 1.29 is 19.1 Å². The molecule has 156 valence electrons. The minimum atomic E-state index is -0.726. The lowest BCUT2D eigenvalue weighted by molar-refractivity contribution is -0.135. The summed E-state index contributed by atoms with van der Waals surface area (Å²) in [6.07, 6.45) is 4.69. The number of hydrogen-bond acceptors (Lipinski definition) is 5. The lowest BCUT2D eigenvalue weighted by Crippen LogP contribution is -2.44. The van der Waals surface area contributed by atoms with Crippen molar-refractivity contribution in [3.63, 3.8) is 0 Å². The summed E-state index contributed by atoms with van der Waals surface area (Å²) >= 11 is 6.00. The predicted octanol–water partition coefficient (Wildman–Crippen LogP) is 2.77. The molecule has 1 saturated heterocycles. The molecule has 1 N–H and O–H groups in total. The van der Waals surface area contributed by atoms with Crippen LogP contribution in [0.2, 0.25) is 5.02 Å². The first kappa shape index (κ1) is 20.3. The first-order chi connectivity index (χ1) is 14.4. The van der Waals surface area contributed by atoms with Gasteiger partial charge in [0.2, 0.25) is 11.8 Å². The highest BCUT2D eigenvalue weighted by Gasteiger charge is 2.43. The number of ketones is 1. The molecular weight excluding hydrogens is 406 g/mol. The number of ether oxygens (including phenoxy) is 1. The Kier molecular flexibility index (Phi) is 5.72. The van der Waals surface area contributed by atoms with E-state index in [1.54, 1.807) is 35.5 Å². The average Bonchev–Trinajstić information content (AvgIpc) is 2.88. The lowest BCUT2D eigenvalue weighted by atomic mass is 9.84. The van der Waals surface area contributed by atoms with E-state index in [-0.39, 0.29) is 37.0 Å². The molecule has 1 spiro atoms. The van der Waals surface area contributed by atoms with Crippen LogP contribution >= 0.6 is 11.6 Å². The number of aromatic nitrogens is 1. The van der Waals surface area contributed by atoms with Crippen molar-refractivity contribution in [2.24, 2.45) is 0 Å². The number of rotatable bonds is 4. The number of hydrogen-bond donors (Lipinski definition) is 1. The Morgan fingerprint density at radius 3 is 2.80 bits per heavy atom. The van der Waals surface area contributed by atoms with Gasteiger partial charge in [0.25, 0.3) is 0 Å². The minimum Gasteiger partial charge on any atom is -0.486 e. The molecule has 4 rings (SSSR count). The molecular formula is C22H22ClN3O4. The van der Waals surface area contributed by atoms with Crippen molar-refractivity contribution in [1.29, 1.82) is 0 Å². The molecule has 1 aromatic heterocycles. The largest absolute Gasteiger partial charge is 0.486 e. The molecule has 0 bridgehead atoms. The number of pyridine rings is 1. The molecule has 1 aromatic carbocycles. The molecule has 3 heterocycles. The molecule has 1 fully saturated rings. The average molecular weight is 428 g/mol. The Hall–Kier alpha value is -2.93. The van der Waals surface area contributed by atoms with E-state index < -0.39 is 5.60 Å². The second kappa shape index (κ2) is 8.44. The number of nitrogens with one attached hydrogen (secondary N) is 1. The summed E-state index contributed by atoms with van der Waals surface area (Å²) in [4.78, 5) is 43.1. The summed E-state index contributed by atoms with van der Waals surface area (Å²) < 4.78 is 6.21. The quantitative estimate of drug-likeness (QED) is 0.810. The smallest absolute Gasteiger partial charge is 0.239 e. The van der Waals surface area contributed by atoms with E-state index in [2.05, 4.69) is 10.3 Å². The zero-order valence-electron chi connectivity index (χ0n) is 16.4.